The maximum Gasteiger partial charge on any atom is 0.315 e. The maximum atomic E-state index is 13.7. The number of amides is 2. The molecule has 0 saturated carbocycles. The number of halogens is 1. The van der Waals surface area contributed by atoms with Crippen LogP contribution in [0.2, 0.25) is 0 Å². The molecule has 2 amide bonds. The van der Waals surface area contributed by atoms with E-state index in [1.165, 1.54) is 6.07 Å². The van der Waals surface area contributed by atoms with E-state index in [2.05, 4.69) is 29.4 Å². The highest BCUT2D eigenvalue weighted by Crippen LogP contribution is 2.12. The molecule has 0 aliphatic carbocycles. The topological polar surface area (TPSA) is 44.4 Å². The number of nitrogens with one attached hydrogen (secondary N) is 2. The van der Waals surface area contributed by atoms with Crippen LogP contribution in [0.4, 0.5) is 9.18 Å². The molecule has 1 saturated heterocycles. The Balaban J connectivity index is 1.71. The summed E-state index contributed by atoms with van der Waals surface area (Å²) >= 11 is 0. The fraction of sp³-hybridized carbons (Fsp3) is 0.632. The Labute approximate surface area is 144 Å². The van der Waals surface area contributed by atoms with Crippen LogP contribution in [0.3, 0.4) is 0 Å². The average molecular weight is 335 g/mol. The zero-order valence-corrected chi connectivity index (χ0v) is 15.0. The molecule has 1 aliphatic heterocycles. The van der Waals surface area contributed by atoms with Gasteiger partial charge in [-0.3, -0.25) is 0 Å². The molecule has 4 nitrogen and oxygen atoms in total. The summed E-state index contributed by atoms with van der Waals surface area (Å²) in [6, 6.07) is 6.67. The second-order valence-corrected chi connectivity index (χ2v) is 7.28. The molecular formula is C19H30FN3O. The Morgan fingerprint density at radius 1 is 1.25 bits per heavy atom. The number of hydrogen-bond donors (Lipinski definition) is 2. The van der Waals surface area contributed by atoms with Gasteiger partial charge in [0.25, 0.3) is 0 Å². The summed E-state index contributed by atoms with van der Waals surface area (Å²) in [5.41, 5.74) is 0.632. The number of rotatable bonds is 6. The van der Waals surface area contributed by atoms with Crippen molar-refractivity contribution >= 4 is 6.03 Å². The van der Waals surface area contributed by atoms with Gasteiger partial charge in [0, 0.05) is 31.7 Å². The molecule has 1 aromatic carbocycles. The number of benzene rings is 1. The fourth-order valence-electron chi connectivity index (χ4n) is 3.27. The summed E-state index contributed by atoms with van der Waals surface area (Å²) < 4.78 is 13.7. The summed E-state index contributed by atoms with van der Waals surface area (Å²) in [5.74, 6) is 0.459. The van der Waals surface area contributed by atoms with Gasteiger partial charge in [-0.1, -0.05) is 32.0 Å². The molecule has 0 spiro atoms. The van der Waals surface area contributed by atoms with Gasteiger partial charge < -0.3 is 15.5 Å². The Morgan fingerprint density at radius 2 is 1.92 bits per heavy atom. The first-order chi connectivity index (χ1) is 11.4. The molecular weight excluding hydrogens is 305 g/mol. The van der Waals surface area contributed by atoms with Crippen LogP contribution >= 0.6 is 0 Å². The van der Waals surface area contributed by atoms with Crippen molar-refractivity contribution in [2.75, 3.05) is 19.6 Å². The smallest absolute Gasteiger partial charge is 0.315 e. The summed E-state index contributed by atoms with van der Waals surface area (Å²) in [6.07, 6.45) is 2.47. The average Bonchev–Trinajstić information content (AvgIpc) is 2.51. The molecule has 0 aromatic heterocycles. The van der Waals surface area contributed by atoms with Crippen LogP contribution in [0.15, 0.2) is 24.3 Å². The lowest BCUT2D eigenvalue weighted by atomic mass is 10.0. The van der Waals surface area contributed by atoms with E-state index in [9.17, 15) is 9.18 Å². The predicted molar refractivity (Wildman–Crippen MR) is 95.5 cm³/mol. The number of likely N-dealkylation sites (tertiary alicyclic amines) is 1. The lowest BCUT2D eigenvalue weighted by Crippen LogP contribution is -2.50. The first-order valence-electron chi connectivity index (χ1n) is 8.97. The van der Waals surface area contributed by atoms with Crippen molar-refractivity contribution in [1.29, 1.82) is 0 Å². The Kier molecular flexibility index (Phi) is 7.03. The molecule has 134 valence electrons. The van der Waals surface area contributed by atoms with E-state index in [-0.39, 0.29) is 23.9 Å². The van der Waals surface area contributed by atoms with Crippen LogP contribution in [0.5, 0.6) is 0 Å². The first kappa shape index (κ1) is 18.7. The Hall–Kier alpha value is -1.62. The van der Waals surface area contributed by atoms with Crippen LogP contribution < -0.4 is 10.6 Å². The Morgan fingerprint density at radius 3 is 2.54 bits per heavy atom. The number of nitrogens with zero attached hydrogens (tertiary/aromatic N) is 1. The normalized spacial score (nSPS) is 17.7. The quantitative estimate of drug-likeness (QED) is 0.839. The zero-order chi connectivity index (χ0) is 17.5. The second-order valence-electron chi connectivity index (χ2n) is 7.28. The fourth-order valence-corrected chi connectivity index (χ4v) is 3.27. The van der Waals surface area contributed by atoms with Gasteiger partial charge in [-0.25, -0.2) is 9.18 Å². The molecule has 2 N–H and O–H groups in total. The highest BCUT2D eigenvalue weighted by Gasteiger charge is 2.21. The number of carbonyl (C=O) groups excluding carboxylic acids is 1. The molecule has 1 fully saturated rings. The highest BCUT2D eigenvalue weighted by atomic mass is 19.1. The molecule has 1 aromatic rings. The number of urea groups is 1. The molecule has 24 heavy (non-hydrogen) atoms. The molecule has 0 radical (unpaired) electrons. The standard InChI is InChI=1S/C19H30FN3O/c1-14(2)13-23-10-8-17(9-11-23)22-19(24)21-15(3)12-16-6-4-5-7-18(16)20/h4-7,14-15,17H,8-13H2,1-3H3,(H2,21,22,24)/t15-/m1/s1. The third-order valence-corrected chi connectivity index (χ3v) is 4.41. The summed E-state index contributed by atoms with van der Waals surface area (Å²) in [4.78, 5) is 14.6. The van der Waals surface area contributed by atoms with Crippen molar-refractivity contribution < 1.29 is 9.18 Å². The molecule has 1 atom stereocenters. The third-order valence-electron chi connectivity index (χ3n) is 4.41. The minimum absolute atomic E-state index is 0.108. The summed E-state index contributed by atoms with van der Waals surface area (Å²) in [7, 11) is 0. The van der Waals surface area contributed by atoms with E-state index in [1.807, 2.05) is 13.0 Å². The van der Waals surface area contributed by atoms with Crippen molar-refractivity contribution in [3.63, 3.8) is 0 Å². The minimum Gasteiger partial charge on any atom is -0.335 e. The van der Waals surface area contributed by atoms with Crippen molar-refractivity contribution in [3.05, 3.63) is 35.6 Å². The van der Waals surface area contributed by atoms with E-state index < -0.39 is 0 Å². The van der Waals surface area contributed by atoms with E-state index in [0.717, 1.165) is 32.5 Å². The van der Waals surface area contributed by atoms with E-state index in [1.54, 1.807) is 12.1 Å². The zero-order valence-electron chi connectivity index (χ0n) is 15.0. The van der Waals surface area contributed by atoms with Crippen LogP contribution in [-0.2, 0) is 6.42 Å². The van der Waals surface area contributed by atoms with Crippen LogP contribution in [-0.4, -0.2) is 42.6 Å². The maximum absolute atomic E-state index is 13.7. The lowest BCUT2D eigenvalue weighted by Gasteiger charge is -2.33. The van der Waals surface area contributed by atoms with Gasteiger partial charge in [-0.15, -0.1) is 0 Å². The van der Waals surface area contributed by atoms with Gasteiger partial charge >= 0.3 is 6.03 Å². The van der Waals surface area contributed by atoms with Crippen LogP contribution in [0.1, 0.15) is 39.2 Å². The number of hydrogen-bond acceptors (Lipinski definition) is 2. The molecule has 1 heterocycles. The van der Waals surface area contributed by atoms with Crippen molar-refractivity contribution in [2.45, 2.75) is 52.1 Å². The van der Waals surface area contributed by atoms with Crippen LogP contribution in [0, 0.1) is 11.7 Å². The molecule has 0 bridgehead atoms. The van der Waals surface area contributed by atoms with E-state index in [0.29, 0.717) is 17.9 Å². The molecule has 5 heteroatoms. The monoisotopic (exact) mass is 335 g/mol. The van der Waals surface area contributed by atoms with Gasteiger partial charge in [0.15, 0.2) is 0 Å². The summed E-state index contributed by atoms with van der Waals surface area (Å²) in [5, 5.41) is 5.97. The van der Waals surface area contributed by atoms with Crippen molar-refractivity contribution in [3.8, 4) is 0 Å². The number of piperidine rings is 1. The van der Waals surface area contributed by atoms with Gasteiger partial charge in [-0.05, 0) is 43.7 Å². The molecule has 1 aliphatic rings. The highest BCUT2D eigenvalue weighted by molar-refractivity contribution is 5.74. The summed E-state index contributed by atoms with van der Waals surface area (Å²) in [6.45, 7) is 9.56. The predicted octanol–water partition coefficient (Wildman–Crippen LogP) is 3.18. The second kappa shape index (κ2) is 9.02. The van der Waals surface area contributed by atoms with Gasteiger partial charge in [0.05, 0.1) is 0 Å². The first-order valence-corrected chi connectivity index (χ1v) is 8.97. The van der Waals surface area contributed by atoms with E-state index in [4.69, 9.17) is 0 Å². The lowest BCUT2D eigenvalue weighted by molar-refractivity contribution is 0.177. The number of carbonyl (C=O) groups is 1. The van der Waals surface area contributed by atoms with Crippen molar-refractivity contribution in [2.24, 2.45) is 5.92 Å². The molecule has 0 unspecified atom stereocenters. The van der Waals surface area contributed by atoms with Gasteiger partial charge in [-0.2, -0.15) is 0 Å². The SMILES string of the molecule is CC(C)CN1CCC(NC(=O)N[C@H](C)Cc2ccccc2F)CC1. The third kappa shape index (κ3) is 6.11. The van der Waals surface area contributed by atoms with Crippen molar-refractivity contribution in [1.82, 2.24) is 15.5 Å². The molecule has 2 rings (SSSR count). The van der Waals surface area contributed by atoms with Crippen LogP contribution in [0.25, 0.3) is 0 Å². The van der Waals surface area contributed by atoms with Gasteiger partial charge in [0.2, 0.25) is 0 Å². The minimum atomic E-state index is -0.218. The van der Waals surface area contributed by atoms with Gasteiger partial charge in [0.1, 0.15) is 5.82 Å². The van der Waals surface area contributed by atoms with E-state index >= 15 is 0 Å². The largest absolute Gasteiger partial charge is 0.335 e. The Bertz CT molecular complexity index is 527.